The summed E-state index contributed by atoms with van der Waals surface area (Å²) in [6.07, 6.45) is 10.4. The van der Waals surface area contributed by atoms with Gasteiger partial charge in [0.25, 0.3) is 0 Å². The normalized spacial score (nSPS) is 13.2. The number of hydrogen-bond acceptors (Lipinski definition) is 2. The number of aromatic nitrogens is 2. The maximum absolute atomic E-state index is 5.88. The van der Waals surface area contributed by atoms with Crippen molar-refractivity contribution >= 4 is 0 Å². The summed E-state index contributed by atoms with van der Waals surface area (Å²) < 4.78 is 2.19. The summed E-state index contributed by atoms with van der Waals surface area (Å²) in [4.78, 5) is 4.16. The Balaban J connectivity index is 2.16. The molecular weight excluding hydrogens is 210 g/mol. The molecule has 0 bridgehead atoms. The van der Waals surface area contributed by atoms with Gasteiger partial charge in [0.1, 0.15) is 0 Å². The number of hydrogen-bond donors (Lipinski definition) is 1. The molecule has 0 aromatic carbocycles. The fraction of sp³-hybridized carbons (Fsp3) is 0.786. The van der Waals surface area contributed by atoms with E-state index in [9.17, 15) is 0 Å². The summed E-state index contributed by atoms with van der Waals surface area (Å²) in [6.45, 7) is 7.65. The molecule has 0 saturated carbocycles. The van der Waals surface area contributed by atoms with Crippen LogP contribution in [0.4, 0.5) is 0 Å². The van der Waals surface area contributed by atoms with E-state index in [4.69, 9.17) is 5.73 Å². The van der Waals surface area contributed by atoms with E-state index in [2.05, 4.69) is 23.4 Å². The Kier molecular flexibility index (Phi) is 6.27. The van der Waals surface area contributed by atoms with Gasteiger partial charge in [0.2, 0.25) is 0 Å². The van der Waals surface area contributed by atoms with Crippen LogP contribution in [0.1, 0.15) is 64.6 Å². The molecular formula is C14H27N3. The Morgan fingerprint density at radius 1 is 1.18 bits per heavy atom. The highest BCUT2D eigenvalue weighted by molar-refractivity contribution is 5.02. The highest BCUT2D eigenvalue weighted by atomic mass is 15.1. The Hall–Kier alpha value is -0.830. The predicted octanol–water partition coefficient (Wildman–Crippen LogP) is 3.51. The first-order valence-corrected chi connectivity index (χ1v) is 6.87. The van der Waals surface area contributed by atoms with Crippen LogP contribution in [0.5, 0.6) is 0 Å². The van der Waals surface area contributed by atoms with Gasteiger partial charge in [0.15, 0.2) is 0 Å². The van der Waals surface area contributed by atoms with Gasteiger partial charge < -0.3 is 10.3 Å². The second-order valence-electron chi connectivity index (χ2n) is 5.40. The van der Waals surface area contributed by atoms with Gasteiger partial charge in [-0.25, -0.2) is 4.98 Å². The Bertz CT molecular complexity index is 302. The van der Waals surface area contributed by atoms with Crippen molar-refractivity contribution in [2.45, 2.75) is 65.5 Å². The first-order chi connectivity index (χ1) is 8.11. The molecule has 0 fully saturated rings. The third kappa shape index (κ3) is 5.35. The average molecular weight is 237 g/mol. The van der Waals surface area contributed by atoms with Crippen LogP contribution in [0.15, 0.2) is 12.5 Å². The zero-order chi connectivity index (χ0) is 12.7. The molecule has 2 N–H and O–H groups in total. The van der Waals surface area contributed by atoms with Crippen LogP contribution < -0.4 is 5.73 Å². The van der Waals surface area contributed by atoms with Crippen molar-refractivity contribution in [1.29, 1.82) is 0 Å². The second kappa shape index (κ2) is 7.49. The second-order valence-corrected chi connectivity index (χ2v) is 5.40. The van der Waals surface area contributed by atoms with Crippen molar-refractivity contribution in [3.8, 4) is 0 Å². The van der Waals surface area contributed by atoms with Crippen molar-refractivity contribution in [3.05, 3.63) is 18.2 Å². The quantitative estimate of drug-likeness (QED) is 0.703. The highest BCUT2D eigenvalue weighted by Crippen LogP contribution is 2.12. The first kappa shape index (κ1) is 14.2. The van der Waals surface area contributed by atoms with Crippen LogP contribution >= 0.6 is 0 Å². The molecule has 3 nitrogen and oxygen atoms in total. The molecule has 17 heavy (non-hydrogen) atoms. The third-order valence-corrected chi connectivity index (χ3v) is 3.14. The summed E-state index contributed by atoms with van der Waals surface area (Å²) in [5.74, 6) is 0.841. The van der Waals surface area contributed by atoms with E-state index in [1.165, 1.54) is 32.1 Å². The number of rotatable bonds is 8. The largest absolute Gasteiger partial charge is 0.333 e. The number of imidazole rings is 1. The Morgan fingerprint density at radius 3 is 2.53 bits per heavy atom. The predicted molar refractivity (Wildman–Crippen MR) is 72.8 cm³/mol. The zero-order valence-electron chi connectivity index (χ0n) is 11.5. The first-order valence-electron chi connectivity index (χ1n) is 6.87. The lowest BCUT2D eigenvalue weighted by atomic mass is 10.0. The van der Waals surface area contributed by atoms with E-state index in [1.807, 2.05) is 19.4 Å². The topological polar surface area (TPSA) is 43.8 Å². The van der Waals surface area contributed by atoms with E-state index >= 15 is 0 Å². The van der Waals surface area contributed by atoms with Crippen molar-refractivity contribution in [3.63, 3.8) is 0 Å². The fourth-order valence-corrected chi connectivity index (χ4v) is 2.09. The molecule has 1 aromatic heterocycles. The number of aryl methyl sites for hydroxylation is 1. The van der Waals surface area contributed by atoms with Gasteiger partial charge in [-0.1, -0.05) is 39.5 Å². The monoisotopic (exact) mass is 237 g/mol. The lowest BCUT2D eigenvalue weighted by molar-refractivity contribution is 0.500. The SMILES string of the molecule is CC(C)CCCCCCn1cncc1C(C)N. The fourth-order valence-electron chi connectivity index (χ4n) is 2.09. The molecule has 0 radical (unpaired) electrons. The van der Waals surface area contributed by atoms with Crippen LogP contribution in [0, 0.1) is 5.92 Å². The molecule has 98 valence electrons. The third-order valence-electron chi connectivity index (χ3n) is 3.14. The molecule has 0 aliphatic carbocycles. The number of unbranched alkanes of at least 4 members (excludes halogenated alkanes) is 3. The minimum absolute atomic E-state index is 0.0819. The molecule has 0 aliphatic heterocycles. The average Bonchev–Trinajstić information content (AvgIpc) is 2.71. The van der Waals surface area contributed by atoms with Gasteiger partial charge in [0.05, 0.1) is 12.0 Å². The lowest BCUT2D eigenvalue weighted by Crippen LogP contribution is -2.11. The molecule has 0 aliphatic rings. The smallest absolute Gasteiger partial charge is 0.0948 e. The maximum atomic E-state index is 5.88. The van der Waals surface area contributed by atoms with Gasteiger partial charge in [-0.3, -0.25) is 0 Å². The molecule has 0 saturated heterocycles. The summed E-state index contributed by atoms with van der Waals surface area (Å²) in [6, 6.07) is 0.0819. The zero-order valence-corrected chi connectivity index (χ0v) is 11.5. The molecule has 0 spiro atoms. The molecule has 1 atom stereocenters. The van der Waals surface area contributed by atoms with Crippen LogP contribution in [0.25, 0.3) is 0 Å². The van der Waals surface area contributed by atoms with Crippen LogP contribution in [-0.2, 0) is 6.54 Å². The summed E-state index contributed by atoms with van der Waals surface area (Å²) in [5.41, 5.74) is 7.03. The van der Waals surface area contributed by atoms with E-state index < -0.39 is 0 Å². The Labute approximate surface area is 105 Å². The minimum Gasteiger partial charge on any atom is -0.333 e. The van der Waals surface area contributed by atoms with Crippen LogP contribution in [-0.4, -0.2) is 9.55 Å². The summed E-state index contributed by atoms with van der Waals surface area (Å²) >= 11 is 0. The van der Waals surface area contributed by atoms with Crippen LogP contribution in [0.2, 0.25) is 0 Å². The van der Waals surface area contributed by atoms with Crippen molar-refractivity contribution < 1.29 is 0 Å². The van der Waals surface area contributed by atoms with Gasteiger partial charge in [-0.15, -0.1) is 0 Å². The van der Waals surface area contributed by atoms with Gasteiger partial charge in [-0.05, 0) is 19.3 Å². The van der Waals surface area contributed by atoms with E-state index in [0.29, 0.717) is 0 Å². The molecule has 0 amide bonds. The van der Waals surface area contributed by atoms with Gasteiger partial charge >= 0.3 is 0 Å². The summed E-state index contributed by atoms with van der Waals surface area (Å²) in [5, 5.41) is 0. The summed E-state index contributed by atoms with van der Waals surface area (Å²) in [7, 11) is 0. The lowest BCUT2D eigenvalue weighted by Gasteiger charge is -2.10. The van der Waals surface area contributed by atoms with E-state index in [-0.39, 0.29) is 6.04 Å². The molecule has 3 heteroatoms. The highest BCUT2D eigenvalue weighted by Gasteiger charge is 2.05. The molecule has 1 heterocycles. The number of nitrogens with zero attached hydrogens (tertiary/aromatic N) is 2. The van der Waals surface area contributed by atoms with Crippen LogP contribution in [0.3, 0.4) is 0 Å². The van der Waals surface area contributed by atoms with Crippen molar-refractivity contribution in [1.82, 2.24) is 9.55 Å². The van der Waals surface area contributed by atoms with Crippen molar-refractivity contribution in [2.24, 2.45) is 11.7 Å². The Morgan fingerprint density at radius 2 is 1.88 bits per heavy atom. The molecule has 1 aromatic rings. The minimum atomic E-state index is 0.0819. The molecule has 1 rings (SSSR count). The van der Waals surface area contributed by atoms with E-state index in [1.54, 1.807) is 0 Å². The number of nitrogens with two attached hydrogens (primary N) is 1. The van der Waals surface area contributed by atoms with Gasteiger partial charge in [0, 0.05) is 18.8 Å². The van der Waals surface area contributed by atoms with E-state index in [0.717, 1.165) is 18.2 Å². The maximum Gasteiger partial charge on any atom is 0.0948 e. The molecule has 1 unspecified atom stereocenters. The van der Waals surface area contributed by atoms with Crippen molar-refractivity contribution in [2.75, 3.05) is 0 Å². The standard InChI is InChI=1S/C14H27N3/c1-12(2)8-6-4-5-7-9-17-11-16-10-14(17)13(3)15/h10-13H,4-9,15H2,1-3H3. The van der Waals surface area contributed by atoms with Gasteiger partial charge in [-0.2, -0.15) is 0 Å².